The molecule has 0 aliphatic rings. The van der Waals surface area contributed by atoms with Crippen molar-refractivity contribution in [3.05, 3.63) is 12.7 Å². The molecule has 0 saturated carbocycles. The molecule has 0 amide bonds. The van der Waals surface area contributed by atoms with Gasteiger partial charge in [-0.2, -0.15) is 8.42 Å². The number of rotatable bonds is 3. The van der Waals surface area contributed by atoms with Crippen molar-refractivity contribution >= 4 is 10.1 Å². The highest BCUT2D eigenvalue weighted by Gasteiger charge is 1.95. The quantitative estimate of drug-likeness (QED) is 0.412. The fourth-order valence-corrected chi connectivity index (χ4v) is 0.515. The molecule has 0 aliphatic heterocycles. The molecular formula is C4H8O3S. The third-order valence-corrected chi connectivity index (χ3v) is 0.964. The van der Waals surface area contributed by atoms with Gasteiger partial charge in [0.15, 0.2) is 0 Å². The molecule has 0 saturated heterocycles. The first-order valence-corrected chi connectivity index (χ1v) is 3.83. The van der Waals surface area contributed by atoms with Crippen LogP contribution in [0.3, 0.4) is 0 Å². The van der Waals surface area contributed by atoms with Crippen molar-refractivity contribution in [1.29, 1.82) is 0 Å². The summed E-state index contributed by atoms with van der Waals surface area (Å²) in [5.41, 5.74) is 0. The van der Waals surface area contributed by atoms with Crippen LogP contribution in [0.25, 0.3) is 0 Å². The highest BCUT2D eigenvalue weighted by molar-refractivity contribution is 7.85. The Morgan fingerprint density at radius 1 is 1.75 bits per heavy atom. The second-order valence-corrected chi connectivity index (χ2v) is 2.92. The molecule has 0 aromatic heterocycles. The Morgan fingerprint density at radius 3 is 2.38 bits per heavy atom. The van der Waals surface area contributed by atoms with E-state index in [1.807, 2.05) is 0 Å². The number of hydrogen-bond donors (Lipinski definition) is 0. The van der Waals surface area contributed by atoms with Crippen molar-refractivity contribution in [3.63, 3.8) is 0 Å². The summed E-state index contributed by atoms with van der Waals surface area (Å²) in [5, 5.41) is 0. The normalized spacial score (nSPS) is 11.1. The van der Waals surface area contributed by atoms with Crippen molar-refractivity contribution in [3.8, 4) is 0 Å². The lowest BCUT2D eigenvalue weighted by Crippen LogP contribution is -2.01. The van der Waals surface area contributed by atoms with E-state index in [4.69, 9.17) is 0 Å². The van der Waals surface area contributed by atoms with Gasteiger partial charge in [0.1, 0.15) is 0 Å². The monoisotopic (exact) mass is 138 g/mol. The first-order chi connectivity index (χ1) is 3.56. The second kappa shape index (κ2) is 2.84. The molecule has 0 unspecified atom stereocenters. The van der Waals surface area contributed by atoms with E-state index < -0.39 is 10.1 Å². The first-order valence-electron chi connectivity index (χ1n) is 2.01. The van der Waals surface area contributed by atoms with Gasteiger partial charge in [-0.3, -0.25) is 4.18 Å². The summed E-state index contributed by atoms with van der Waals surface area (Å²) >= 11 is 0. The Balaban J connectivity index is 3.57. The van der Waals surface area contributed by atoms with Gasteiger partial charge in [0.25, 0.3) is 10.1 Å². The highest BCUT2D eigenvalue weighted by Crippen LogP contribution is 1.83. The smallest absolute Gasteiger partial charge is 0.264 e. The fraction of sp³-hybridized carbons (Fsp3) is 0.500. The summed E-state index contributed by atoms with van der Waals surface area (Å²) in [6, 6.07) is 0. The van der Waals surface area contributed by atoms with E-state index in [9.17, 15) is 8.42 Å². The van der Waals surface area contributed by atoms with E-state index in [2.05, 4.69) is 10.8 Å². The van der Waals surface area contributed by atoms with Gasteiger partial charge >= 0.3 is 0 Å². The number of hydrogen-bond acceptors (Lipinski definition) is 3. The average Bonchev–Trinajstić information content (AvgIpc) is 1.59. The third-order valence-electron chi connectivity index (χ3n) is 0.400. The van der Waals surface area contributed by atoms with Crippen LogP contribution >= 0.6 is 0 Å². The SMILES string of the molecule is C=CCOS([14CH3])(=O)=O. The standard InChI is InChI=1S/C4H8O3S/c1-3-4-7-8(2,5)6/h3H,1,4H2,2H3/i2+2. The van der Waals surface area contributed by atoms with Gasteiger partial charge in [0.05, 0.1) is 12.9 Å². The van der Waals surface area contributed by atoms with Gasteiger partial charge < -0.3 is 0 Å². The summed E-state index contributed by atoms with van der Waals surface area (Å²) in [7, 11) is -3.26. The molecule has 0 spiro atoms. The van der Waals surface area contributed by atoms with E-state index in [1.54, 1.807) is 0 Å². The molecule has 0 N–H and O–H groups in total. The van der Waals surface area contributed by atoms with Crippen LogP contribution in [0.5, 0.6) is 0 Å². The lowest BCUT2D eigenvalue weighted by molar-refractivity contribution is 0.362. The maximum absolute atomic E-state index is 10.1. The average molecular weight is 138 g/mol. The molecule has 8 heavy (non-hydrogen) atoms. The largest absolute Gasteiger partial charge is 0.266 e. The van der Waals surface area contributed by atoms with Gasteiger partial charge in [-0.25, -0.2) is 0 Å². The molecule has 0 aliphatic carbocycles. The molecule has 0 rings (SSSR count). The lowest BCUT2D eigenvalue weighted by Gasteiger charge is -1.91. The molecular weight excluding hydrogens is 130 g/mol. The van der Waals surface area contributed by atoms with Crippen molar-refractivity contribution in [2.45, 2.75) is 0 Å². The van der Waals surface area contributed by atoms with E-state index in [-0.39, 0.29) is 6.61 Å². The van der Waals surface area contributed by atoms with E-state index in [0.29, 0.717) is 0 Å². The van der Waals surface area contributed by atoms with Crippen LogP contribution < -0.4 is 0 Å². The molecule has 0 heterocycles. The Bertz CT molecular complexity index is 156. The predicted molar refractivity (Wildman–Crippen MR) is 31.0 cm³/mol. The minimum Gasteiger partial charge on any atom is -0.266 e. The zero-order valence-electron chi connectivity index (χ0n) is 4.62. The molecule has 4 heteroatoms. The summed E-state index contributed by atoms with van der Waals surface area (Å²) in [6.07, 6.45) is 2.37. The van der Waals surface area contributed by atoms with E-state index in [0.717, 1.165) is 6.26 Å². The molecule has 0 fully saturated rings. The molecule has 0 aromatic rings. The van der Waals surface area contributed by atoms with Crippen molar-refractivity contribution in [2.75, 3.05) is 12.9 Å². The van der Waals surface area contributed by atoms with Crippen LogP contribution in [0.2, 0.25) is 0 Å². The van der Waals surface area contributed by atoms with Gasteiger partial charge in [-0.05, 0) is 0 Å². The zero-order valence-corrected chi connectivity index (χ0v) is 5.44. The van der Waals surface area contributed by atoms with E-state index >= 15 is 0 Å². The van der Waals surface area contributed by atoms with Crippen molar-refractivity contribution in [2.24, 2.45) is 0 Å². The van der Waals surface area contributed by atoms with Gasteiger partial charge in [-0.1, -0.05) is 6.08 Å². The predicted octanol–water partition coefficient (Wildman–Crippen LogP) is 0.149. The van der Waals surface area contributed by atoms with Crippen molar-refractivity contribution < 1.29 is 12.6 Å². The summed E-state index contributed by atoms with van der Waals surface area (Å²) in [5.74, 6) is 0. The lowest BCUT2D eigenvalue weighted by atomic mass is 10.7. The van der Waals surface area contributed by atoms with Gasteiger partial charge in [0.2, 0.25) is 0 Å². The van der Waals surface area contributed by atoms with Crippen molar-refractivity contribution in [1.82, 2.24) is 0 Å². The summed E-state index contributed by atoms with van der Waals surface area (Å²) in [6.45, 7) is 3.33. The molecule has 0 bridgehead atoms. The van der Waals surface area contributed by atoms with Gasteiger partial charge in [0, 0.05) is 0 Å². The molecule has 3 nitrogen and oxygen atoms in total. The van der Waals surface area contributed by atoms with Crippen LogP contribution in [0.15, 0.2) is 12.7 Å². The fourth-order valence-electron chi connectivity index (χ4n) is 0.172. The van der Waals surface area contributed by atoms with Crippen LogP contribution in [0.1, 0.15) is 0 Å². The maximum Gasteiger partial charge on any atom is 0.264 e. The summed E-state index contributed by atoms with van der Waals surface area (Å²) < 4.78 is 24.5. The Morgan fingerprint density at radius 2 is 2.25 bits per heavy atom. The highest BCUT2D eigenvalue weighted by atomic mass is 32.2. The van der Waals surface area contributed by atoms with Crippen LogP contribution in [-0.4, -0.2) is 21.3 Å². The van der Waals surface area contributed by atoms with Crippen LogP contribution in [0.4, 0.5) is 0 Å². The Kier molecular flexibility index (Phi) is 2.71. The molecule has 48 valence electrons. The Labute approximate surface area is 49.1 Å². The third kappa shape index (κ3) is 5.65. The van der Waals surface area contributed by atoms with Gasteiger partial charge in [-0.15, -0.1) is 6.58 Å². The minimum atomic E-state index is -3.26. The van der Waals surface area contributed by atoms with E-state index in [1.165, 1.54) is 6.08 Å². The first kappa shape index (κ1) is 7.65. The molecule has 0 aromatic carbocycles. The molecule has 0 atom stereocenters. The zero-order chi connectivity index (χ0) is 6.62. The van der Waals surface area contributed by atoms with Crippen LogP contribution in [-0.2, 0) is 14.3 Å². The maximum atomic E-state index is 10.1. The minimum absolute atomic E-state index is 0.0544. The summed E-state index contributed by atoms with van der Waals surface area (Å²) in [4.78, 5) is 0. The van der Waals surface area contributed by atoms with Crippen LogP contribution in [0, 0.1) is 0 Å². The Hall–Kier alpha value is -0.350. The topological polar surface area (TPSA) is 43.4 Å². The molecule has 0 radical (unpaired) electrons. The second-order valence-electron chi connectivity index (χ2n) is 1.28.